The Hall–Kier alpha value is -1.56. The number of aliphatic imine (C=N–C) groups is 1. The third-order valence-corrected chi connectivity index (χ3v) is 6.40. The van der Waals surface area contributed by atoms with Crippen LogP contribution >= 0.6 is 0 Å². The SMILES string of the molecule is CCNC(=NCC(C)(C)CCS(C)(=O)=O)NCC1(c2ccccc2)CCC1. The molecule has 0 spiro atoms. The normalized spacial score (nSPS) is 17.3. The highest BCUT2D eigenvalue weighted by molar-refractivity contribution is 7.90. The van der Waals surface area contributed by atoms with Gasteiger partial charge in [0.15, 0.2) is 5.96 Å². The average molecular weight is 394 g/mol. The first-order valence-electron chi connectivity index (χ1n) is 9.91. The van der Waals surface area contributed by atoms with Gasteiger partial charge < -0.3 is 10.6 Å². The summed E-state index contributed by atoms with van der Waals surface area (Å²) in [5, 5.41) is 6.85. The lowest BCUT2D eigenvalue weighted by atomic mass is 9.64. The van der Waals surface area contributed by atoms with E-state index in [1.54, 1.807) is 0 Å². The maximum absolute atomic E-state index is 11.4. The number of nitrogens with one attached hydrogen (secondary N) is 2. The van der Waals surface area contributed by atoms with E-state index in [1.807, 2.05) is 0 Å². The molecule has 0 aromatic heterocycles. The molecule has 0 amide bonds. The summed E-state index contributed by atoms with van der Waals surface area (Å²) in [6, 6.07) is 10.7. The zero-order valence-corrected chi connectivity index (χ0v) is 18.0. The summed E-state index contributed by atoms with van der Waals surface area (Å²) < 4.78 is 22.9. The molecule has 6 heteroatoms. The molecule has 0 radical (unpaired) electrons. The van der Waals surface area contributed by atoms with Crippen molar-refractivity contribution in [3.05, 3.63) is 35.9 Å². The molecule has 0 unspecified atom stereocenters. The molecule has 0 aliphatic heterocycles. The summed E-state index contributed by atoms with van der Waals surface area (Å²) in [7, 11) is -2.94. The van der Waals surface area contributed by atoms with E-state index < -0.39 is 9.84 Å². The van der Waals surface area contributed by atoms with Crippen LogP contribution < -0.4 is 10.6 Å². The molecule has 1 aromatic rings. The molecule has 0 saturated heterocycles. The molecule has 1 aromatic carbocycles. The highest BCUT2D eigenvalue weighted by Gasteiger charge is 2.38. The second kappa shape index (κ2) is 9.09. The third-order valence-electron chi connectivity index (χ3n) is 5.45. The molecule has 2 N–H and O–H groups in total. The van der Waals surface area contributed by atoms with Crippen molar-refractivity contribution in [1.82, 2.24) is 10.6 Å². The first-order valence-corrected chi connectivity index (χ1v) is 12.0. The number of hydrogen-bond donors (Lipinski definition) is 2. The molecule has 0 heterocycles. The summed E-state index contributed by atoms with van der Waals surface area (Å²) >= 11 is 0. The minimum atomic E-state index is -2.94. The van der Waals surface area contributed by atoms with Crippen molar-refractivity contribution in [2.24, 2.45) is 10.4 Å². The molecule has 2 rings (SSSR count). The van der Waals surface area contributed by atoms with Gasteiger partial charge in [0.25, 0.3) is 0 Å². The van der Waals surface area contributed by atoms with Crippen LogP contribution in [0.3, 0.4) is 0 Å². The molecular weight excluding hydrogens is 358 g/mol. The van der Waals surface area contributed by atoms with Crippen molar-refractivity contribution in [2.45, 2.75) is 51.9 Å². The first-order chi connectivity index (χ1) is 12.7. The zero-order valence-electron chi connectivity index (χ0n) is 17.2. The van der Waals surface area contributed by atoms with Crippen LogP contribution in [0.5, 0.6) is 0 Å². The Labute approximate surface area is 165 Å². The lowest BCUT2D eigenvalue weighted by Gasteiger charge is -2.43. The van der Waals surface area contributed by atoms with Crippen molar-refractivity contribution < 1.29 is 8.42 Å². The van der Waals surface area contributed by atoms with Gasteiger partial charge in [-0.15, -0.1) is 0 Å². The first kappa shape index (κ1) is 21.7. The molecule has 1 aliphatic rings. The van der Waals surface area contributed by atoms with Crippen molar-refractivity contribution in [3.63, 3.8) is 0 Å². The van der Waals surface area contributed by atoms with E-state index in [-0.39, 0.29) is 16.6 Å². The molecule has 1 aliphatic carbocycles. The Bertz CT molecular complexity index is 723. The molecule has 152 valence electrons. The lowest BCUT2D eigenvalue weighted by molar-refractivity contribution is 0.243. The fourth-order valence-corrected chi connectivity index (χ4v) is 4.31. The van der Waals surface area contributed by atoms with E-state index in [1.165, 1.54) is 31.1 Å². The number of rotatable bonds is 9. The molecule has 0 atom stereocenters. The summed E-state index contributed by atoms with van der Waals surface area (Å²) in [5.74, 6) is 1.02. The van der Waals surface area contributed by atoms with E-state index in [4.69, 9.17) is 4.99 Å². The van der Waals surface area contributed by atoms with E-state index in [0.29, 0.717) is 13.0 Å². The number of sulfone groups is 1. The van der Waals surface area contributed by atoms with Crippen LogP contribution in [-0.4, -0.2) is 46.0 Å². The highest BCUT2D eigenvalue weighted by Crippen LogP contribution is 2.43. The van der Waals surface area contributed by atoms with Crippen molar-refractivity contribution in [2.75, 3.05) is 31.6 Å². The molecule has 1 fully saturated rings. The quantitative estimate of drug-likeness (QED) is 0.499. The van der Waals surface area contributed by atoms with Gasteiger partial charge in [0.1, 0.15) is 9.84 Å². The second-order valence-electron chi connectivity index (χ2n) is 8.59. The number of hydrogen-bond acceptors (Lipinski definition) is 3. The van der Waals surface area contributed by atoms with Crippen molar-refractivity contribution >= 4 is 15.8 Å². The van der Waals surface area contributed by atoms with Gasteiger partial charge in [-0.3, -0.25) is 4.99 Å². The fraction of sp³-hybridized carbons (Fsp3) is 0.667. The highest BCUT2D eigenvalue weighted by atomic mass is 32.2. The molecule has 27 heavy (non-hydrogen) atoms. The maximum Gasteiger partial charge on any atom is 0.191 e. The smallest absolute Gasteiger partial charge is 0.191 e. The topological polar surface area (TPSA) is 70.6 Å². The van der Waals surface area contributed by atoms with E-state index in [0.717, 1.165) is 19.0 Å². The van der Waals surface area contributed by atoms with E-state index in [2.05, 4.69) is 61.7 Å². The monoisotopic (exact) mass is 393 g/mol. The largest absolute Gasteiger partial charge is 0.357 e. The molecule has 0 bridgehead atoms. The third kappa shape index (κ3) is 6.83. The van der Waals surface area contributed by atoms with Crippen LogP contribution in [0.1, 0.15) is 52.0 Å². The van der Waals surface area contributed by atoms with Gasteiger partial charge in [0, 0.05) is 31.3 Å². The summed E-state index contributed by atoms with van der Waals surface area (Å²) in [6.07, 6.45) is 5.57. The minimum Gasteiger partial charge on any atom is -0.357 e. The standard InChI is InChI=1S/C21H35N3O2S/c1-5-22-19(23-16-20(2,3)14-15-27(4,25)26)24-17-21(12-9-13-21)18-10-7-6-8-11-18/h6-8,10-11H,5,9,12-17H2,1-4H3,(H2,22,23,24). The number of guanidine groups is 1. The average Bonchev–Trinajstić information content (AvgIpc) is 2.57. The van der Waals surface area contributed by atoms with Gasteiger partial charge in [-0.05, 0) is 37.2 Å². The summed E-state index contributed by atoms with van der Waals surface area (Å²) in [6.45, 7) is 8.46. The summed E-state index contributed by atoms with van der Waals surface area (Å²) in [5.41, 5.74) is 1.44. The maximum atomic E-state index is 11.4. The van der Waals surface area contributed by atoms with Crippen LogP contribution in [0.25, 0.3) is 0 Å². The van der Waals surface area contributed by atoms with Crippen LogP contribution in [0.2, 0.25) is 0 Å². The Morgan fingerprint density at radius 1 is 1.19 bits per heavy atom. The Morgan fingerprint density at radius 3 is 2.37 bits per heavy atom. The van der Waals surface area contributed by atoms with Gasteiger partial charge in [0.2, 0.25) is 0 Å². The Kier molecular flexibility index (Phi) is 7.32. The van der Waals surface area contributed by atoms with Crippen LogP contribution in [-0.2, 0) is 15.3 Å². The summed E-state index contributed by atoms with van der Waals surface area (Å²) in [4.78, 5) is 4.74. The molecule has 1 saturated carbocycles. The zero-order chi connectivity index (χ0) is 20.0. The minimum absolute atomic E-state index is 0.154. The lowest BCUT2D eigenvalue weighted by Crippen LogP contribution is -2.49. The van der Waals surface area contributed by atoms with Gasteiger partial charge in [-0.25, -0.2) is 8.42 Å². The van der Waals surface area contributed by atoms with Gasteiger partial charge >= 0.3 is 0 Å². The van der Waals surface area contributed by atoms with Crippen molar-refractivity contribution in [3.8, 4) is 0 Å². The Balaban J connectivity index is 1.99. The van der Waals surface area contributed by atoms with E-state index >= 15 is 0 Å². The predicted octanol–water partition coefficient (Wildman–Crippen LogP) is 3.12. The fourth-order valence-electron chi connectivity index (χ4n) is 3.39. The number of benzene rings is 1. The van der Waals surface area contributed by atoms with Crippen LogP contribution in [0.4, 0.5) is 0 Å². The van der Waals surface area contributed by atoms with Crippen LogP contribution in [0, 0.1) is 5.41 Å². The van der Waals surface area contributed by atoms with Crippen LogP contribution in [0.15, 0.2) is 35.3 Å². The molecule has 5 nitrogen and oxygen atoms in total. The van der Waals surface area contributed by atoms with Crippen molar-refractivity contribution in [1.29, 1.82) is 0 Å². The molecular formula is C21H35N3O2S. The van der Waals surface area contributed by atoms with Gasteiger partial charge in [-0.1, -0.05) is 50.6 Å². The second-order valence-corrected chi connectivity index (χ2v) is 10.9. The van der Waals surface area contributed by atoms with Gasteiger partial charge in [0.05, 0.1) is 5.75 Å². The van der Waals surface area contributed by atoms with E-state index in [9.17, 15) is 8.42 Å². The predicted molar refractivity (Wildman–Crippen MR) is 114 cm³/mol. The van der Waals surface area contributed by atoms with Gasteiger partial charge in [-0.2, -0.15) is 0 Å². The number of nitrogens with zero attached hydrogens (tertiary/aromatic N) is 1. The Morgan fingerprint density at radius 2 is 1.85 bits per heavy atom.